The van der Waals surface area contributed by atoms with E-state index in [4.69, 9.17) is 69.6 Å². The van der Waals surface area contributed by atoms with Crippen LogP contribution in [0.5, 0.6) is 0 Å². The lowest BCUT2D eigenvalue weighted by molar-refractivity contribution is -0.142. The van der Waals surface area contributed by atoms with Gasteiger partial charge in [-0.15, -0.1) is 0 Å². The van der Waals surface area contributed by atoms with Crippen LogP contribution >= 0.6 is 69.6 Å². The van der Waals surface area contributed by atoms with Crippen molar-refractivity contribution in [2.45, 2.75) is 7.59 Å². The first-order valence-corrected chi connectivity index (χ1v) is 5.91. The molecule has 0 aromatic rings. The van der Waals surface area contributed by atoms with Gasteiger partial charge in [-0.25, -0.2) is 4.79 Å². The number of alkyl halides is 6. The maximum Gasteiger partial charge on any atom is 0.358 e. The summed E-state index contributed by atoms with van der Waals surface area (Å²) in [5.74, 6) is -1.90. The van der Waals surface area contributed by atoms with Crippen LogP contribution in [-0.4, -0.2) is 32.6 Å². The molecule has 0 fully saturated rings. The van der Waals surface area contributed by atoms with Crippen LogP contribution in [0.3, 0.4) is 0 Å². The summed E-state index contributed by atoms with van der Waals surface area (Å²) in [5.41, 5.74) is 0. The number of nitrogens with one attached hydrogen (secondary N) is 1. The molecule has 94 valence electrons. The number of ether oxygens (including phenoxy) is 1. The third-order valence-electron chi connectivity index (χ3n) is 1.11. The Balaban J connectivity index is 3.79. The van der Waals surface area contributed by atoms with Gasteiger partial charge < -0.3 is 10.1 Å². The number of rotatable bonds is 3. The minimum absolute atomic E-state index is 0.0702. The van der Waals surface area contributed by atoms with Crippen LogP contribution in [0.25, 0.3) is 0 Å². The van der Waals surface area contributed by atoms with E-state index >= 15 is 0 Å². The molecule has 0 heterocycles. The third kappa shape index (κ3) is 7.09. The van der Waals surface area contributed by atoms with Crippen LogP contribution in [0.2, 0.25) is 0 Å². The van der Waals surface area contributed by atoms with Crippen molar-refractivity contribution in [2.24, 2.45) is 0 Å². The molecule has 0 aromatic carbocycles. The summed E-state index contributed by atoms with van der Waals surface area (Å²) < 4.78 is 0.267. The summed E-state index contributed by atoms with van der Waals surface area (Å²) in [5, 5.41) is 2.19. The van der Waals surface area contributed by atoms with Crippen molar-refractivity contribution in [3.05, 3.63) is 0 Å². The fourth-order valence-corrected chi connectivity index (χ4v) is 0.854. The molecule has 0 atom stereocenters. The number of esters is 1. The maximum atomic E-state index is 11.0. The van der Waals surface area contributed by atoms with Crippen molar-refractivity contribution < 1.29 is 14.3 Å². The summed E-state index contributed by atoms with van der Waals surface area (Å²) in [6, 6.07) is 0. The first-order valence-electron chi connectivity index (χ1n) is 3.64. The van der Waals surface area contributed by atoms with E-state index in [-0.39, 0.29) is 13.2 Å². The number of carbonyl (C=O) groups is 2. The molecule has 1 amide bonds. The van der Waals surface area contributed by atoms with Crippen molar-refractivity contribution in [2.75, 3.05) is 13.2 Å². The quantitative estimate of drug-likeness (QED) is 0.482. The third-order valence-corrected chi connectivity index (χ3v) is 2.09. The van der Waals surface area contributed by atoms with E-state index < -0.39 is 19.5 Å². The molecular formula is C6H5Cl6NO3. The highest BCUT2D eigenvalue weighted by molar-refractivity contribution is 6.76. The summed E-state index contributed by atoms with van der Waals surface area (Å²) >= 11 is 31.3. The first kappa shape index (κ1) is 16.7. The second-order valence-electron chi connectivity index (χ2n) is 2.39. The molecule has 4 nitrogen and oxygen atoms in total. The lowest BCUT2D eigenvalue weighted by Gasteiger charge is -2.13. The number of amides is 1. The molecule has 0 spiro atoms. The Kier molecular flexibility index (Phi) is 6.85. The Bertz CT molecular complexity index is 242. The topological polar surface area (TPSA) is 55.4 Å². The molecule has 0 unspecified atom stereocenters. The van der Waals surface area contributed by atoms with Gasteiger partial charge >= 0.3 is 5.97 Å². The fourth-order valence-electron chi connectivity index (χ4n) is 0.490. The van der Waals surface area contributed by atoms with Crippen molar-refractivity contribution in [1.82, 2.24) is 5.32 Å². The van der Waals surface area contributed by atoms with Gasteiger partial charge in [-0.2, -0.15) is 0 Å². The normalized spacial score (nSPS) is 12.1. The monoisotopic (exact) mass is 349 g/mol. The first-order chi connectivity index (χ1) is 7.05. The molecule has 0 aliphatic carbocycles. The number of carbonyl (C=O) groups excluding carboxylic acids is 2. The van der Waals surface area contributed by atoms with E-state index in [0.29, 0.717) is 0 Å². The maximum absolute atomic E-state index is 11.0. The van der Waals surface area contributed by atoms with E-state index in [1.807, 2.05) is 0 Å². The van der Waals surface area contributed by atoms with Crippen LogP contribution in [0.1, 0.15) is 0 Å². The van der Waals surface area contributed by atoms with Gasteiger partial charge in [-0.1, -0.05) is 69.6 Å². The van der Waals surface area contributed by atoms with Crippen molar-refractivity contribution in [3.63, 3.8) is 0 Å². The zero-order valence-corrected chi connectivity index (χ0v) is 11.9. The van der Waals surface area contributed by atoms with Gasteiger partial charge in [0.25, 0.3) is 13.5 Å². The van der Waals surface area contributed by atoms with E-state index in [2.05, 4.69) is 10.1 Å². The highest BCUT2D eigenvalue weighted by Crippen LogP contribution is 2.27. The van der Waals surface area contributed by atoms with Crippen molar-refractivity contribution in [1.29, 1.82) is 0 Å². The summed E-state index contributed by atoms with van der Waals surface area (Å²) in [6.45, 7) is -0.279. The smallest absolute Gasteiger partial charge is 0.358 e. The number of halogens is 6. The van der Waals surface area contributed by atoms with Crippen LogP contribution in [0.15, 0.2) is 0 Å². The number of hydrogen-bond donors (Lipinski definition) is 1. The largest absolute Gasteiger partial charge is 0.461 e. The SMILES string of the molecule is O=C(NCCOC(=O)C(Cl)(Cl)Cl)C(Cl)(Cl)Cl. The molecular weight excluding hydrogens is 347 g/mol. The van der Waals surface area contributed by atoms with Crippen LogP contribution in [0, 0.1) is 0 Å². The fraction of sp³-hybridized carbons (Fsp3) is 0.667. The van der Waals surface area contributed by atoms with Crippen molar-refractivity contribution >= 4 is 81.5 Å². The zero-order chi connectivity index (χ0) is 13.0. The molecule has 16 heavy (non-hydrogen) atoms. The van der Waals surface area contributed by atoms with Gasteiger partial charge in [0.2, 0.25) is 0 Å². The van der Waals surface area contributed by atoms with Crippen LogP contribution in [0.4, 0.5) is 0 Å². The summed E-state index contributed by atoms with van der Waals surface area (Å²) in [4.78, 5) is 21.9. The van der Waals surface area contributed by atoms with E-state index in [1.54, 1.807) is 0 Å². The molecule has 0 saturated carbocycles. The Labute approximate surface area is 121 Å². The summed E-state index contributed by atoms with van der Waals surface area (Å²) in [7, 11) is 0. The molecule has 0 radical (unpaired) electrons. The van der Waals surface area contributed by atoms with Crippen LogP contribution in [-0.2, 0) is 14.3 Å². The average molecular weight is 352 g/mol. The second kappa shape index (κ2) is 6.57. The molecule has 1 N–H and O–H groups in total. The van der Waals surface area contributed by atoms with Gasteiger partial charge in [-0.3, -0.25) is 4.79 Å². The van der Waals surface area contributed by atoms with Gasteiger partial charge in [0.1, 0.15) is 6.61 Å². The lowest BCUT2D eigenvalue weighted by atomic mass is 10.6. The zero-order valence-electron chi connectivity index (χ0n) is 7.41. The van der Waals surface area contributed by atoms with Crippen molar-refractivity contribution in [3.8, 4) is 0 Å². The average Bonchev–Trinajstić information content (AvgIpc) is 2.08. The Hall–Kier alpha value is 0.680. The summed E-state index contributed by atoms with van der Waals surface area (Å²) in [6.07, 6.45) is 0. The Morgan fingerprint density at radius 1 is 1.00 bits per heavy atom. The molecule has 0 rings (SSSR count). The Morgan fingerprint density at radius 2 is 1.50 bits per heavy atom. The molecule has 10 heteroatoms. The molecule has 0 aliphatic heterocycles. The highest BCUT2D eigenvalue weighted by Gasteiger charge is 2.33. The minimum Gasteiger partial charge on any atom is -0.461 e. The molecule has 0 aliphatic rings. The minimum atomic E-state index is -2.15. The lowest BCUT2D eigenvalue weighted by Crippen LogP contribution is -2.37. The van der Waals surface area contributed by atoms with Crippen LogP contribution < -0.4 is 5.32 Å². The van der Waals surface area contributed by atoms with Gasteiger partial charge in [0, 0.05) is 0 Å². The van der Waals surface area contributed by atoms with E-state index in [9.17, 15) is 9.59 Å². The van der Waals surface area contributed by atoms with Gasteiger partial charge in [-0.05, 0) is 0 Å². The van der Waals surface area contributed by atoms with Gasteiger partial charge in [0.05, 0.1) is 6.54 Å². The predicted molar refractivity (Wildman–Crippen MR) is 64.5 cm³/mol. The molecule has 0 aromatic heterocycles. The molecule has 0 saturated heterocycles. The Morgan fingerprint density at radius 3 is 1.88 bits per heavy atom. The van der Waals surface area contributed by atoms with E-state index in [1.165, 1.54) is 0 Å². The number of hydrogen-bond acceptors (Lipinski definition) is 3. The molecule has 0 bridgehead atoms. The second-order valence-corrected chi connectivity index (χ2v) is 6.95. The predicted octanol–water partition coefficient (Wildman–Crippen LogP) is 2.39. The van der Waals surface area contributed by atoms with E-state index in [0.717, 1.165) is 0 Å². The highest BCUT2D eigenvalue weighted by atomic mass is 35.6. The van der Waals surface area contributed by atoms with Gasteiger partial charge in [0.15, 0.2) is 0 Å². The standard InChI is InChI=1S/C6H5Cl6NO3/c7-5(8,9)3(14)13-1-2-16-4(15)6(10,11)12/h1-2H2,(H,13,14).